The van der Waals surface area contributed by atoms with Gasteiger partial charge in [-0.05, 0) is 12.1 Å². The number of rotatable bonds is 6. The molecule has 0 unspecified atom stereocenters. The van der Waals surface area contributed by atoms with E-state index < -0.39 is 11.7 Å². The van der Waals surface area contributed by atoms with Gasteiger partial charge in [0.1, 0.15) is 11.3 Å². The van der Waals surface area contributed by atoms with Crippen LogP contribution < -0.4 is 20.5 Å². The van der Waals surface area contributed by atoms with E-state index in [1.165, 1.54) is 31.5 Å². The molecule has 0 amide bonds. The Kier molecular flexibility index (Phi) is 12.1. The molecule has 7 nitrogen and oxygen atoms in total. The lowest BCUT2D eigenvalue weighted by Crippen LogP contribution is -2.48. The Morgan fingerprint density at radius 2 is 1.84 bits per heavy atom. The van der Waals surface area contributed by atoms with Crippen LogP contribution in [-0.2, 0) is 6.18 Å². The van der Waals surface area contributed by atoms with E-state index in [1.54, 1.807) is 11.0 Å². The fraction of sp³-hybridized carbons (Fsp3) is 0.444. The van der Waals surface area contributed by atoms with E-state index in [2.05, 4.69) is 20.4 Å². The fourth-order valence-corrected chi connectivity index (χ4v) is 3.28. The Morgan fingerprint density at radius 1 is 1.16 bits per heavy atom. The molecule has 0 bridgehead atoms. The predicted octanol–water partition coefficient (Wildman–Crippen LogP) is 3.30. The van der Waals surface area contributed by atoms with Gasteiger partial charge in [0, 0.05) is 45.3 Å². The Balaban J connectivity index is 0.00000300. The van der Waals surface area contributed by atoms with Crippen molar-refractivity contribution in [1.82, 2.24) is 15.1 Å². The van der Waals surface area contributed by atoms with Crippen LogP contribution in [0.25, 0.3) is 0 Å². The van der Waals surface area contributed by atoms with Crippen molar-refractivity contribution in [2.45, 2.75) is 6.18 Å². The van der Waals surface area contributed by atoms with Gasteiger partial charge in [-0.2, -0.15) is 18.3 Å². The number of aromatic amines is 1. The van der Waals surface area contributed by atoms with E-state index in [-0.39, 0.29) is 54.2 Å². The molecule has 0 aliphatic carbocycles. The molecule has 0 atom stereocenters. The average molecular weight is 507 g/mol. The number of halogens is 6. The summed E-state index contributed by atoms with van der Waals surface area (Å²) < 4.78 is 45.5. The number of hydrogen-bond acceptors (Lipinski definition) is 6. The van der Waals surface area contributed by atoms with E-state index in [4.69, 9.17) is 4.74 Å². The summed E-state index contributed by atoms with van der Waals surface area (Å²) in [6.45, 7) is 3.59. The molecule has 1 aromatic heterocycles. The lowest BCUT2D eigenvalue weighted by molar-refractivity contribution is -0.138. The summed E-state index contributed by atoms with van der Waals surface area (Å²) in [6, 6.07) is 5.82. The second kappa shape index (κ2) is 12.8. The standard InChI is InChI=1S/C18H22F3N5O2.3ClH/c1-28-15-4-2-3-14(17(15)18(19,20)21)26-9-7-25(8-10-26)6-5-22-13-11-16(27)24-23-12-13;;;/h2-4,11-12H,5-10H2,1H3,(H2,22,24,27);3*1H. The third-order valence-electron chi connectivity index (χ3n) is 4.64. The molecule has 1 aliphatic rings. The molecule has 0 saturated carbocycles. The highest BCUT2D eigenvalue weighted by atomic mass is 35.5. The molecule has 31 heavy (non-hydrogen) atoms. The van der Waals surface area contributed by atoms with Gasteiger partial charge in [-0.15, -0.1) is 37.2 Å². The third kappa shape index (κ3) is 7.64. The highest BCUT2D eigenvalue weighted by Gasteiger charge is 2.38. The third-order valence-corrected chi connectivity index (χ3v) is 4.64. The molecule has 3 rings (SSSR count). The Hall–Kier alpha value is -1.88. The first kappa shape index (κ1) is 29.1. The average Bonchev–Trinajstić information content (AvgIpc) is 2.67. The SMILES string of the molecule is COc1cccc(N2CCN(CCNc3cn[nH]c(=O)c3)CC2)c1C(F)(F)F.Cl.Cl.Cl. The molecule has 176 valence electrons. The Labute approximate surface area is 196 Å². The van der Waals surface area contributed by atoms with Gasteiger partial charge in [0.05, 0.1) is 24.7 Å². The van der Waals surface area contributed by atoms with Crippen molar-refractivity contribution in [3.63, 3.8) is 0 Å². The second-order valence-electron chi connectivity index (χ2n) is 6.44. The number of ether oxygens (including phenoxy) is 1. The minimum absolute atomic E-state index is 0. The van der Waals surface area contributed by atoms with Crippen molar-refractivity contribution in [3.05, 3.63) is 46.4 Å². The molecule has 13 heteroatoms. The minimum atomic E-state index is -4.48. The number of alkyl halides is 3. The van der Waals surface area contributed by atoms with Crippen LogP contribution in [0.1, 0.15) is 5.56 Å². The lowest BCUT2D eigenvalue weighted by atomic mass is 10.1. The van der Waals surface area contributed by atoms with E-state index in [0.29, 0.717) is 45.0 Å². The van der Waals surface area contributed by atoms with Crippen molar-refractivity contribution < 1.29 is 17.9 Å². The van der Waals surface area contributed by atoms with Gasteiger partial charge in [0.15, 0.2) is 0 Å². The zero-order valence-corrected chi connectivity index (χ0v) is 19.1. The van der Waals surface area contributed by atoms with Gasteiger partial charge in [0.25, 0.3) is 5.56 Å². The van der Waals surface area contributed by atoms with Gasteiger partial charge in [-0.1, -0.05) is 6.07 Å². The topological polar surface area (TPSA) is 73.5 Å². The maximum absolute atomic E-state index is 13.5. The first-order chi connectivity index (χ1) is 13.4. The molecule has 1 fully saturated rings. The molecule has 2 aromatic rings. The van der Waals surface area contributed by atoms with Gasteiger partial charge in [-0.25, -0.2) is 5.10 Å². The molecule has 0 spiro atoms. The highest BCUT2D eigenvalue weighted by molar-refractivity contribution is 5.86. The first-order valence-corrected chi connectivity index (χ1v) is 8.88. The van der Waals surface area contributed by atoms with Gasteiger partial charge in [-0.3, -0.25) is 9.69 Å². The Bertz CT molecular complexity index is 862. The van der Waals surface area contributed by atoms with Crippen LogP contribution in [0.3, 0.4) is 0 Å². The fourth-order valence-electron chi connectivity index (χ4n) is 3.28. The highest BCUT2D eigenvalue weighted by Crippen LogP contribution is 2.42. The smallest absolute Gasteiger partial charge is 0.421 e. The number of aromatic nitrogens is 2. The van der Waals surface area contributed by atoms with E-state index in [1.807, 2.05) is 0 Å². The number of hydrogen-bond donors (Lipinski definition) is 2. The second-order valence-corrected chi connectivity index (χ2v) is 6.44. The number of benzene rings is 1. The van der Waals surface area contributed by atoms with Crippen LogP contribution in [0, 0.1) is 0 Å². The minimum Gasteiger partial charge on any atom is -0.496 e. The van der Waals surface area contributed by atoms with Crippen LogP contribution >= 0.6 is 37.2 Å². The maximum atomic E-state index is 13.5. The Morgan fingerprint density at radius 3 is 2.42 bits per heavy atom. The lowest BCUT2D eigenvalue weighted by Gasteiger charge is -2.37. The van der Waals surface area contributed by atoms with Crippen molar-refractivity contribution in [2.24, 2.45) is 0 Å². The van der Waals surface area contributed by atoms with Crippen LogP contribution in [0.5, 0.6) is 5.75 Å². The van der Waals surface area contributed by atoms with Crippen LogP contribution in [0.15, 0.2) is 35.3 Å². The van der Waals surface area contributed by atoms with E-state index in [0.717, 1.165) is 0 Å². The number of H-pyrrole nitrogens is 1. The van der Waals surface area contributed by atoms with Crippen molar-refractivity contribution in [2.75, 3.05) is 56.6 Å². The van der Waals surface area contributed by atoms with Crippen molar-refractivity contribution in [1.29, 1.82) is 0 Å². The van der Waals surface area contributed by atoms with Gasteiger partial charge >= 0.3 is 6.18 Å². The number of piperazine rings is 1. The summed E-state index contributed by atoms with van der Waals surface area (Å²) in [5.74, 6) is -0.164. The van der Waals surface area contributed by atoms with Crippen molar-refractivity contribution >= 4 is 48.6 Å². The number of anilines is 2. The van der Waals surface area contributed by atoms with Crippen LogP contribution in [0.4, 0.5) is 24.5 Å². The maximum Gasteiger partial charge on any atom is 0.421 e. The molecule has 1 aromatic carbocycles. The number of nitrogens with zero attached hydrogens (tertiary/aromatic N) is 3. The summed E-state index contributed by atoms with van der Waals surface area (Å²) in [7, 11) is 1.25. The summed E-state index contributed by atoms with van der Waals surface area (Å²) in [4.78, 5) is 15.1. The van der Waals surface area contributed by atoms with E-state index >= 15 is 0 Å². The summed E-state index contributed by atoms with van der Waals surface area (Å²) in [6.07, 6.45) is -2.95. The van der Waals surface area contributed by atoms with Gasteiger partial charge < -0.3 is 15.0 Å². The summed E-state index contributed by atoms with van der Waals surface area (Å²) in [5, 5.41) is 9.13. The summed E-state index contributed by atoms with van der Waals surface area (Å²) >= 11 is 0. The monoisotopic (exact) mass is 505 g/mol. The predicted molar refractivity (Wildman–Crippen MR) is 122 cm³/mol. The number of nitrogens with one attached hydrogen (secondary N) is 2. The van der Waals surface area contributed by atoms with Gasteiger partial charge in [0.2, 0.25) is 0 Å². The molecular formula is C18H25Cl3F3N5O2. The quantitative estimate of drug-likeness (QED) is 0.626. The number of methoxy groups -OCH3 is 1. The van der Waals surface area contributed by atoms with Crippen LogP contribution in [-0.4, -0.2) is 61.5 Å². The molecule has 2 N–H and O–H groups in total. The molecular weight excluding hydrogens is 482 g/mol. The zero-order valence-electron chi connectivity index (χ0n) is 16.6. The van der Waals surface area contributed by atoms with E-state index in [9.17, 15) is 18.0 Å². The zero-order chi connectivity index (χ0) is 20.1. The molecule has 2 heterocycles. The largest absolute Gasteiger partial charge is 0.496 e. The normalized spacial score (nSPS) is 14.0. The molecule has 1 saturated heterocycles. The molecule has 1 aliphatic heterocycles. The molecule has 0 radical (unpaired) electrons. The summed E-state index contributed by atoms with van der Waals surface area (Å²) in [5.41, 5.74) is -0.223. The van der Waals surface area contributed by atoms with Crippen LogP contribution in [0.2, 0.25) is 0 Å². The van der Waals surface area contributed by atoms with Crippen molar-refractivity contribution in [3.8, 4) is 5.75 Å². The first-order valence-electron chi connectivity index (χ1n) is 8.88.